The summed E-state index contributed by atoms with van der Waals surface area (Å²) < 4.78 is 0. The summed E-state index contributed by atoms with van der Waals surface area (Å²) in [7, 11) is 1.70. The molecule has 1 rings (SSSR count). The third-order valence-electron chi connectivity index (χ3n) is 2.68. The number of aliphatic hydroxyl groups excluding tert-OH is 1. The van der Waals surface area contributed by atoms with Gasteiger partial charge in [0.2, 0.25) is 5.91 Å². The topological polar surface area (TPSA) is 66.6 Å². The molecular weight excluding hydrogens is 216 g/mol. The lowest BCUT2D eigenvalue weighted by Crippen LogP contribution is -2.37. The van der Waals surface area contributed by atoms with Crippen molar-refractivity contribution in [3.8, 4) is 0 Å². The lowest BCUT2D eigenvalue weighted by Gasteiger charge is -2.22. The summed E-state index contributed by atoms with van der Waals surface area (Å²) in [5, 5.41) is 9.17. The van der Waals surface area contributed by atoms with E-state index in [2.05, 4.69) is 0 Å². The van der Waals surface area contributed by atoms with Crippen LogP contribution in [0.3, 0.4) is 0 Å². The van der Waals surface area contributed by atoms with Crippen LogP contribution in [-0.4, -0.2) is 35.6 Å². The second kappa shape index (κ2) is 6.37. The summed E-state index contributed by atoms with van der Waals surface area (Å²) in [5.41, 5.74) is 6.70. The van der Waals surface area contributed by atoms with Gasteiger partial charge >= 0.3 is 0 Å². The molecule has 3 N–H and O–H groups in total. The van der Waals surface area contributed by atoms with Gasteiger partial charge in [-0.1, -0.05) is 30.3 Å². The smallest absolute Gasteiger partial charge is 0.243 e. The van der Waals surface area contributed by atoms with Gasteiger partial charge in [-0.3, -0.25) is 4.79 Å². The Morgan fingerprint density at radius 3 is 2.53 bits per heavy atom. The Morgan fingerprint density at radius 2 is 2.00 bits per heavy atom. The number of nitrogens with zero attached hydrogens (tertiary/aromatic N) is 1. The van der Waals surface area contributed by atoms with Crippen LogP contribution in [0.1, 0.15) is 24.9 Å². The van der Waals surface area contributed by atoms with Crippen LogP contribution < -0.4 is 5.73 Å². The molecule has 0 aliphatic heterocycles. The standard InChI is InChI=1S/C13H20N2O2/c1-10(16)8-9-15(2)13(17)12(14)11-6-4-3-5-7-11/h3-7,10,12,16H,8-9,14H2,1-2H3/t10?,12-/m1/s1. The van der Waals surface area contributed by atoms with Crippen molar-refractivity contribution >= 4 is 5.91 Å². The van der Waals surface area contributed by atoms with E-state index >= 15 is 0 Å². The average Bonchev–Trinajstić information content (AvgIpc) is 2.35. The van der Waals surface area contributed by atoms with Crippen molar-refractivity contribution in [1.29, 1.82) is 0 Å². The fourth-order valence-corrected chi connectivity index (χ4v) is 1.53. The molecule has 0 fully saturated rings. The normalized spacial score (nSPS) is 14.1. The van der Waals surface area contributed by atoms with E-state index in [0.29, 0.717) is 13.0 Å². The van der Waals surface area contributed by atoms with Crippen molar-refractivity contribution in [3.05, 3.63) is 35.9 Å². The van der Waals surface area contributed by atoms with Crippen molar-refractivity contribution < 1.29 is 9.90 Å². The maximum absolute atomic E-state index is 12.0. The summed E-state index contributed by atoms with van der Waals surface area (Å²) in [6.07, 6.45) is 0.155. The lowest BCUT2D eigenvalue weighted by molar-refractivity contribution is -0.131. The number of hydrogen-bond acceptors (Lipinski definition) is 3. The Kier molecular flexibility index (Phi) is 5.12. The van der Waals surface area contributed by atoms with Gasteiger partial charge in [-0.05, 0) is 18.9 Å². The number of amides is 1. The maximum Gasteiger partial charge on any atom is 0.243 e. The van der Waals surface area contributed by atoms with Crippen LogP contribution >= 0.6 is 0 Å². The molecule has 0 heterocycles. The molecule has 4 heteroatoms. The molecule has 0 aliphatic rings. The van der Waals surface area contributed by atoms with Crippen LogP contribution in [0.5, 0.6) is 0 Å². The molecule has 0 bridgehead atoms. The minimum Gasteiger partial charge on any atom is -0.393 e. The van der Waals surface area contributed by atoms with Crippen LogP contribution in [-0.2, 0) is 4.79 Å². The average molecular weight is 236 g/mol. The highest BCUT2D eigenvalue weighted by Gasteiger charge is 2.19. The van der Waals surface area contributed by atoms with Crippen LogP contribution in [0.2, 0.25) is 0 Å². The molecule has 1 aromatic carbocycles. The number of aliphatic hydroxyl groups is 1. The highest BCUT2D eigenvalue weighted by molar-refractivity contribution is 5.82. The largest absolute Gasteiger partial charge is 0.393 e. The van der Waals surface area contributed by atoms with E-state index in [-0.39, 0.29) is 5.91 Å². The number of nitrogens with two attached hydrogens (primary N) is 1. The molecule has 0 aromatic heterocycles. The zero-order chi connectivity index (χ0) is 12.8. The summed E-state index contributed by atoms with van der Waals surface area (Å²) in [6, 6.07) is 8.65. The molecule has 2 atom stereocenters. The predicted octanol–water partition coefficient (Wildman–Crippen LogP) is 0.916. The van der Waals surface area contributed by atoms with E-state index in [1.165, 1.54) is 0 Å². The predicted molar refractivity (Wildman–Crippen MR) is 67.3 cm³/mol. The minimum absolute atomic E-state index is 0.128. The van der Waals surface area contributed by atoms with E-state index in [1.54, 1.807) is 18.9 Å². The highest BCUT2D eigenvalue weighted by atomic mass is 16.3. The summed E-state index contributed by atoms with van der Waals surface area (Å²) >= 11 is 0. The fraction of sp³-hybridized carbons (Fsp3) is 0.462. The molecule has 0 aliphatic carbocycles. The zero-order valence-electron chi connectivity index (χ0n) is 10.3. The number of hydrogen-bond donors (Lipinski definition) is 2. The van der Waals surface area contributed by atoms with E-state index < -0.39 is 12.1 Å². The van der Waals surface area contributed by atoms with Gasteiger partial charge in [0.05, 0.1) is 6.10 Å². The first-order valence-electron chi connectivity index (χ1n) is 5.76. The fourth-order valence-electron chi connectivity index (χ4n) is 1.53. The van der Waals surface area contributed by atoms with Crippen LogP contribution in [0, 0.1) is 0 Å². The Morgan fingerprint density at radius 1 is 1.41 bits per heavy atom. The number of carbonyl (C=O) groups excluding carboxylic acids is 1. The van der Waals surface area contributed by atoms with Gasteiger partial charge in [0.1, 0.15) is 6.04 Å². The Labute approximate surface area is 102 Å². The molecule has 1 amide bonds. The van der Waals surface area contributed by atoms with Crippen molar-refractivity contribution in [2.45, 2.75) is 25.5 Å². The molecule has 0 radical (unpaired) electrons. The first-order chi connectivity index (χ1) is 8.02. The molecular formula is C13H20N2O2. The van der Waals surface area contributed by atoms with Gasteiger partial charge in [-0.15, -0.1) is 0 Å². The lowest BCUT2D eigenvalue weighted by atomic mass is 10.1. The van der Waals surface area contributed by atoms with Crippen molar-refractivity contribution in [2.24, 2.45) is 5.73 Å². The molecule has 0 spiro atoms. The number of carbonyl (C=O) groups is 1. The summed E-state index contributed by atoms with van der Waals surface area (Å²) in [5.74, 6) is -0.128. The highest BCUT2D eigenvalue weighted by Crippen LogP contribution is 2.12. The van der Waals surface area contributed by atoms with Gasteiger partial charge in [0, 0.05) is 13.6 Å². The van der Waals surface area contributed by atoms with Crippen LogP contribution in [0.4, 0.5) is 0 Å². The number of likely N-dealkylation sites (N-methyl/N-ethyl adjacent to an activating group) is 1. The van der Waals surface area contributed by atoms with E-state index in [4.69, 9.17) is 10.8 Å². The minimum atomic E-state index is -0.629. The van der Waals surface area contributed by atoms with Crippen molar-refractivity contribution in [1.82, 2.24) is 4.90 Å². The van der Waals surface area contributed by atoms with E-state index in [0.717, 1.165) is 5.56 Å². The molecule has 1 unspecified atom stereocenters. The summed E-state index contributed by atoms with van der Waals surface area (Å²) in [4.78, 5) is 13.5. The van der Waals surface area contributed by atoms with Gasteiger partial charge in [0.15, 0.2) is 0 Å². The Balaban J connectivity index is 2.57. The van der Waals surface area contributed by atoms with E-state index in [9.17, 15) is 4.79 Å². The zero-order valence-corrected chi connectivity index (χ0v) is 10.3. The molecule has 0 saturated heterocycles. The van der Waals surface area contributed by atoms with E-state index in [1.807, 2.05) is 30.3 Å². The third kappa shape index (κ3) is 4.17. The van der Waals surface area contributed by atoms with Crippen LogP contribution in [0.25, 0.3) is 0 Å². The van der Waals surface area contributed by atoms with Gasteiger partial charge in [-0.25, -0.2) is 0 Å². The molecule has 0 saturated carbocycles. The monoisotopic (exact) mass is 236 g/mol. The molecule has 4 nitrogen and oxygen atoms in total. The quantitative estimate of drug-likeness (QED) is 0.798. The van der Waals surface area contributed by atoms with Crippen LogP contribution in [0.15, 0.2) is 30.3 Å². The molecule has 1 aromatic rings. The third-order valence-corrected chi connectivity index (χ3v) is 2.68. The number of benzene rings is 1. The maximum atomic E-state index is 12.0. The first-order valence-corrected chi connectivity index (χ1v) is 5.76. The molecule has 94 valence electrons. The first kappa shape index (κ1) is 13.7. The SMILES string of the molecule is CC(O)CCN(C)C(=O)[C@H](N)c1ccccc1. The number of rotatable bonds is 5. The van der Waals surface area contributed by atoms with Crippen molar-refractivity contribution in [2.75, 3.05) is 13.6 Å². The van der Waals surface area contributed by atoms with Gasteiger partial charge in [-0.2, -0.15) is 0 Å². The van der Waals surface area contributed by atoms with Gasteiger partial charge in [0.25, 0.3) is 0 Å². The second-order valence-corrected chi connectivity index (χ2v) is 4.29. The Bertz CT molecular complexity index is 352. The second-order valence-electron chi connectivity index (χ2n) is 4.29. The molecule has 17 heavy (non-hydrogen) atoms. The van der Waals surface area contributed by atoms with Gasteiger partial charge < -0.3 is 15.7 Å². The Hall–Kier alpha value is -1.39. The van der Waals surface area contributed by atoms with Crippen molar-refractivity contribution in [3.63, 3.8) is 0 Å². The summed E-state index contributed by atoms with van der Waals surface area (Å²) in [6.45, 7) is 2.21.